The SMILES string of the molecule is COCCn1cnc(=O)c(N)c1. The van der Waals surface area contributed by atoms with E-state index in [1.54, 1.807) is 17.9 Å². The fraction of sp³-hybridized carbons (Fsp3) is 0.429. The van der Waals surface area contributed by atoms with E-state index in [1.165, 1.54) is 6.33 Å². The average Bonchev–Trinajstić information content (AvgIpc) is 2.07. The Kier molecular flexibility index (Phi) is 2.82. The summed E-state index contributed by atoms with van der Waals surface area (Å²) >= 11 is 0. The van der Waals surface area contributed by atoms with Gasteiger partial charge in [0.05, 0.1) is 12.9 Å². The Morgan fingerprint density at radius 3 is 3.08 bits per heavy atom. The molecule has 0 unspecified atom stereocenters. The van der Waals surface area contributed by atoms with Gasteiger partial charge in [0.15, 0.2) is 0 Å². The number of hydrogen-bond acceptors (Lipinski definition) is 4. The van der Waals surface area contributed by atoms with Gasteiger partial charge in [-0.15, -0.1) is 0 Å². The Hall–Kier alpha value is -1.36. The number of methoxy groups -OCH3 is 1. The molecular formula is C7H11N3O2. The zero-order valence-corrected chi connectivity index (χ0v) is 6.86. The molecule has 0 saturated carbocycles. The summed E-state index contributed by atoms with van der Waals surface area (Å²) in [6, 6.07) is 0. The second kappa shape index (κ2) is 3.87. The molecule has 5 heteroatoms. The molecule has 66 valence electrons. The van der Waals surface area contributed by atoms with Gasteiger partial charge in [0.1, 0.15) is 5.69 Å². The summed E-state index contributed by atoms with van der Waals surface area (Å²) in [5.41, 5.74) is 5.13. The predicted molar refractivity (Wildman–Crippen MR) is 44.8 cm³/mol. The van der Waals surface area contributed by atoms with Crippen LogP contribution in [0.1, 0.15) is 0 Å². The third-order valence-corrected chi connectivity index (χ3v) is 1.43. The average molecular weight is 169 g/mol. The Morgan fingerprint density at radius 1 is 1.75 bits per heavy atom. The molecule has 0 saturated heterocycles. The van der Waals surface area contributed by atoms with E-state index in [-0.39, 0.29) is 11.2 Å². The van der Waals surface area contributed by atoms with Gasteiger partial charge in [-0.25, -0.2) is 0 Å². The third-order valence-electron chi connectivity index (χ3n) is 1.43. The van der Waals surface area contributed by atoms with Gasteiger partial charge in [-0.3, -0.25) is 4.79 Å². The number of ether oxygens (including phenoxy) is 1. The first-order chi connectivity index (χ1) is 5.74. The van der Waals surface area contributed by atoms with Gasteiger partial charge >= 0.3 is 0 Å². The van der Waals surface area contributed by atoms with Gasteiger partial charge in [0.2, 0.25) is 0 Å². The lowest BCUT2D eigenvalue weighted by atomic mass is 10.5. The quantitative estimate of drug-likeness (QED) is 0.660. The molecule has 12 heavy (non-hydrogen) atoms. The van der Waals surface area contributed by atoms with Gasteiger partial charge in [-0.05, 0) is 0 Å². The van der Waals surface area contributed by atoms with Crippen molar-refractivity contribution in [1.82, 2.24) is 9.55 Å². The standard InChI is InChI=1S/C7H11N3O2/c1-12-3-2-10-4-6(8)7(11)9-5-10/h4-5H,2-3,8H2,1H3. The van der Waals surface area contributed by atoms with Crippen LogP contribution in [0.25, 0.3) is 0 Å². The summed E-state index contributed by atoms with van der Waals surface area (Å²) < 4.78 is 6.56. The van der Waals surface area contributed by atoms with E-state index in [1.807, 2.05) is 0 Å². The van der Waals surface area contributed by atoms with E-state index < -0.39 is 0 Å². The van der Waals surface area contributed by atoms with Gasteiger partial charge < -0.3 is 15.0 Å². The van der Waals surface area contributed by atoms with Crippen LogP contribution in [0.5, 0.6) is 0 Å². The smallest absolute Gasteiger partial charge is 0.295 e. The molecule has 0 aromatic carbocycles. The van der Waals surface area contributed by atoms with E-state index in [0.29, 0.717) is 13.2 Å². The molecular weight excluding hydrogens is 158 g/mol. The van der Waals surface area contributed by atoms with Crippen LogP contribution >= 0.6 is 0 Å². The lowest BCUT2D eigenvalue weighted by Crippen LogP contribution is -2.16. The normalized spacial score (nSPS) is 10.1. The van der Waals surface area contributed by atoms with E-state index in [9.17, 15) is 4.79 Å². The lowest BCUT2D eigenvalue weighted by Gasteiger charge is -2.03. The van der Waals surface area contributed by atoms with E-state index >= 15 is 0 Å². The van der Waals surface area contributed by atoms with Crippen molar-refractivity contribution in [1.29, 1.82) is 0 Å². The molecule has 1 rings (SSSR count). The Morgan fingerprint density at radius 2 is 2.50 bits per heavy atom. The van der Waals surface area contributed by atoms with Crippen molar-refractivity contribution in [2.45, 2.75) is 6.54 Å². The largest absolute Gasteiger partial charge is 0.393 e. The van der Waals surface area contributed by atoms with E-state index in [2.05, 4.69) is 4.98 Å². The molecule has 2 N–H and O–H groups in total. The Balaban J connectivity index is 2.75. The molecule has 0 fully saturated rings. The van der Waals surface area contributed by atoms with Crippen LogP contribution in [-0.2, 0) is 11.3 Å². The van der Waals surface area contributed by atoms with Crippen molar-refractivity contribution in [3.05, 3.63) is 22.9 Å². The number of nitrogens with two attached hydrogens (primary N) is 1. The Bertz CT molecular complexity index is 308. The van der Waals surface area contributed by atoms with Crippen molar-refractivity contribution in [3.8, 4) is 0 Å². The zero-order valence-electron chi connectivity index (χ0n) is 6.86. The Labute approximate surface area is 69.8 Å². The molecule has 0 atom stereocenters. The maximum Gasteiger partial charge on any atom is 0.295 e. The predicted octanol–water partition coefficient (Wildman–Crippen LogP) is -0.528. The van der Waals surface area contributed by atoms with Crippen LogP contribution in [0.15, 0.2) is 17.3 Å². The summed E-state index contributed by atoms with van der Waals surface area (Å²) in [4.78, 5) is 14.3. The van der Waals surface area contributed by atoms with Crippen molar-refractivity contribution in [3.63, 3.8) is 0 Å². The molecule has 0 bridgehead atoms. The van der Waals surface area contributed by atoms with Gasteiger partial charge in [-0.2, -0.15) is 4.98 Å². The molecule has 5 nitrogen and oxygen atoms in total. The van der Waals surface area contributed by atoms with Gasteiger partial charge in [0.25, 0.3) is 5.56 Å². The second-order valence-electron chi connectivity index (χ2n) is 2.36. The third kappa shape index (κ3) is 2.06. The number of nitrogen functional groups attached to an aromatic ring is 1. The van der Waals surface area contributed by atoms with Crippen molar-refractivity contribution in [2.75, 3.05) is 19.5 Å². The first-order valence-electron chi connectivity index (χ1n) is 3.54. The number of rotatable bonds is 3. The van der Waals surface area contributed by atoms with E-state index in [0.717, 1.165) is 0 Å². The molecule has 1 heterocycles. The maximum absolute atomic E-state index is 10.8. The number of anilines is 1. The topological polar surface area (TPSA) is 70.1 Å². The molecule has 1 aromatic heterocycles. The van der Waals surface area contributed by atoms with Crippen LogP contribution in [0, 0.1) is 0 Å². The highest BCUT2D eigenvalue weighted by Gasteiger charge is 1.95. The maximum atomic E-state index is 10.8. The summed E-state index contributed by atoms with van der Waals surface area (Å²) in [6.07, 6.45) is 2.99. The minimum absolute atomic E-state index is 0.161. The van der Waals surface area contributed by atoms with E-state index in [4.69, 9.17) is 10.5 Å². The number of aromatic nitrogens is 2. The summed E-state index contributed by atoms with van der Waals surface area (Å²) in [7, 11) is 1.61. The second-order valence-corrected chi connectivity index (χ2v) is 2.36. The van der Waals surface area contributed by atoms with Crippen LogP contribution in [0.2, 0.25) is 0 Å². The number of nitrogens with zero attached hydrogens (tertiary/aromatic N) is 2. The van der Waals surface area contributed by atoms with Gasteiger partial charge in [-0.1, -0.05) is 0 Å². The summed E-state index contributed by atoms with van der Waals surface area (Å²) in [5.74, 6) is 0. The first kappa shape index (κ1) is 8.73. The first-order valence-corrected chi connectivity index (χ1v) is 3.54. The number of hydrogen-bond donors (Lipinski definition) is 1. The zero-order chi connectivity index (χ0) is 8.97. The van der Waals surface area contributed by atoms with Crippen molar-refractivity contribution < 1.29 is 4.74 Å². The van der Waals surface area contributed by atoms with Gasteiger partial charge in [0, 0.05) is 19.9 Å². The highest BCUT2D eigenvalue weighted by molar-refractivity contribution is 5.29. The highest BCUT2D eigenvalue weighted by Crippen LogP contribution is 1.90. The molecule has 0 spiro atoms. The minimum Gasteiger partial charge on any atom is -0.393 e. The fourth-order valence-electron chi connectivity index (χ4n) is 0.787. The summed E-state index contributed by atoms with van der Waals surface area (Å²) in [6.45, 7) is 1.22. The van der Waals surface area contributed by atoms with Crippen LogP contribution in [-0.4, -0.2) is 23.3 Å². The van der Waals surface area contributed by atoms with Crippen LogP contribution in [0.4, 0.5) is 5.69 Å². The summed E-state index contributed by atoms with van der Waals surface area (Å²) in [5, 5.41) is 0. The lowest BCUT2D eigenvalue weighted by molar-refractivity contribution is 0.187. The van der Waals surface area contributed by atoms with Crippen molar-refractivity contribution >= 4 is 5.69 Å². The minimum atomic E-state index is -0.385. The molecule has 1 aromatic rings. The fourth-order valence-corrected chi connectivity index (χ4v) is 0.787. The molecule has 0 amide bonds. The highest BCUT2D eigenvalue weighted by atomic mass is 16.5. The molecule has 0 radical (unpaired) electrons. The molecule has 0 aliphatic carbocycles. The van der Waals surface area contributed by atoms with Crippen LogP contribution < -0.4 is 11.3 Å². The van der Waals surface area contributed by atoms with Crippen LogP contribution in [0.3, 0.4) is 0 Å². The monoisotopic (exact) mass is 169 g/mol. The molecule has 0 aliphatic rings. The molecule has 0 aliphatic heterocycles. The van der Waals surface area contributed by atoms with Crippen molar-refractivity contribution in [2.24, 2.45) is 0 Å².